The minimum atomic E-state index is -0.207. The van der Waals surface area contributed by atoms with Crippen molar-refractivity contribution in [2.24, 2.45) is 0 Å². The molecular formula is C33H41N9O. The fourth-order valence-electron chi connectivity index (χ4n) is 5.32. The molecule has 0 spiro atoms. The van der Waals surface area contributed by atoms with Crippen molar-refractivity contribution >= 4 is 45.9 Å². The molecule has 4 aromatic rings. The Morgan fingerprint density at radius 2 is 1.72 bits per heavy atom. The predicted molar refractivity (Wildman–Crippen MR) is 176 cm³/mol. The third-order valence-corrected chi connectivity index (χ3v) is 7.82. The maximum atomic E-state index is 13.0. The monoisotopic (exact) mass is 579 g/mol. The highest BCUT2D eigenvalue weighted by Gasteiger charge is 2.24. The summed E-state index contributed by atoms with van der Waals surface area (Å²) >= 11 is 0. The molecule has 4 N–H and O–H groups in total. The van der Waals surface area contributed by atoms with Crippen LogP contribution in [0.5, 0.6) is 0 Å². The Labute approximate surface area is 253 Å². The molecule has 5 rings (SSSR count). The molecule has 0 aliphatic heterocycles. The second kappa shape index (κ2) is 13.1. The number of rotatable bonds is 11. The molecule has 0 bridgehead atoms. The Balaban J connectivity index is 1.33. The lowest BCUT2D eigenvalue weighted by atomic mass is 9.91. The number of nitrogens with one attached hydrogen (secondary N) is 4. The second-order valence-corrected chi connectivity index (χ2v) is 11.5. The zero-order valence-corrected chi connectivity index (χ0v) is 25.4. The predicted octanol–water partition coefficient (Wildman–Crippen LogP) is 6.80. The van der Waals surface area contributed by atoms with Gasteiger partial charge in [-0.2, -0.15) is 9.97 Å². The summed E-state index contributed by atoms with van der Waals surface area (Å²) in [5, 5.41) is 13.1. The average Bonchev–Trinajstić information content (AvgIpc) is 3.43. The summed E-state index contributed by atoms with van der Waals surface area (Å²) < 4.78 is 2.06. The van der Waals surface area contributed by atoms with Crippen molar-refractivity contribution in [1.82, 2.24) is 24.4 Å². The lowest BCUT2D eigenvalue weighted by Crippen LogP contribution is -2.36. The van der Waals surface area contributed by atoms with E-state index in [1.807, 2.05) is 42.7 Å². The van der Waals surface area contributed by atoms with Gasteiger partial charge in [0.15, 0.2) is 17.0 Å². The van der Waals surface area contributed by atoms with Gasteiger partial charge >= 0.3 is 0 Å². The lowest BCUT2D eigenvalue weighted by Gasteiger charge is -2.33. The van der Waals surface area contributed by atoms with Crippen molar-refractivity contribution in [2.45, 2.75) is 57.7 Å². The van der Waals surface area contributed by atoms with Gasteiger partial charge in [-0.25, -0.2) is 4.98 Å². The summed E-state index contributed by atoms with van der Waals surface area (Å²) in [7, 11) is 4.30. The molecule has 10 nitrogen and oxygen atoms in total. The number of aromatic nitrogens is 4. The van der Waals surface area contributed by atoms with Crippen molar-refractivity contribution in [2.75, 3.05) is 35.4 Å². The molecule has 2 aromatic carbocycles. The van der Waals surface area contributed by atoms with Gasteiger partial charge in [-0.15, -0.1) is 0 Å². The van der Waals surface area contributed by atoms with E-state index in [1.165, 1.54) is 0 Å². The van der Waals surface area contributed by atoms with Crippen LogP contribution in [0.4, 0.5) is 28.8 Å². The molecule has 2 aromatic heterocycles. The fraction of sp³-hybridized carbons (Fsp3) is 0.333. The van der Waals surface area contributed by atoms with E-state index in [9.17, 15) is 4.79 Å². The Morgan fingerprint density at radius 1 is 1.00 bits per heavy atom. The normalized spacial score (nSPS) is 16.7. The molecule has 224 valence electrons. The molecule has 1 aliphatic carbocycles. The van der Waals surface area contributed by atoms with Crippen LogP contribution < -0.4 is 21.3 Å². The third kappa shape index (κ3) is 7.21. The second-order valence-electron chi connectivity index (χ2n) is 11.5. The van der Waals surface area contributed by atoms with Crippen molar-refractivity contribution in [3.63, 3.8) is 0 Å². The number of anilines is 5. The first-order valence-corrected chi connectivity index (χ1v) is 14.7. The van der Waals surface area contributed by atoms with Gasteiger partial charge in [0, 0.05) is 46.4 Å². The number of carbonyl (C=O) groups excluding carboxylic acids is 1. The highest BCUT2D eigenvalue weighted by atomic mass is 16.1. The molecule has 43 heavy (non-hydrogen) atoms. The molecular weight excluding hydrogens is 538 g/mol. The Bertz CT molecular complexity index is 1600. The Morgan fingerprint density at radius 3 is 2.40 bits per heavy atom. The van der Waals surface area contributed by atoms with Gasteiger partial charge in [-0.3, -0.25) is 4.79 Å². The first-order chi connectivity index (χ1) is 20.7. The zero-order chi connectivity index (χ0) is 30.5. The smallest absolute Gasteiger partial charge is 0.255 e. The molecule has 1 amide bonds. The number of hydrogen-bond donors (Lipinski definition) is 4. The van der Waals surface area contributed by atoms with Crippen LogP contribution in [0.3, 0.4) is 0 Å². The third-order valence-electron chi connectivity index (χ3n) is 7.82. The summed E-state index contributed by atoms with van der Waals surface area (Å²) in [5.41, 5.74) is 4.96. The van der Waals surface area contributed by atoms with E-state index in [4.69, 9.17) is 9.97 Å². The van der Waals surface area contributed by atoms with E-state index in [0.29, 0.717) is 46.3 Å². The number of amides is 1. The van der Waals surface area contributed by atoms with E-state index < -0.39 is 0 Å². The zero-order valence-electron chi connectivity index (χ0n) is 25.4. The van der Waals surface area contributed by atoms with Crippen LogP contribution in [0.25, 0.3) is 11.2 Å². The van der Waals surface area contributed by atoms with Crippen LogP contribution in [0, 0.1) is 0 Å². The van der Waals surface area contributed by atoms with Crippen molar-refractivity contribution in [1.29, 1.82) is 0 Å². The van der Waals surface area contributed by atoms with Crippen molar-refractivity contribution in [3.8, 4) is 0 Å². The van der Waals surface area contributed by atoms with E-state index in [0.717, 1.165) is 42.7 Å². The maximum absolute atomic E-state index is 13.0. The van der Waals surface area contributed by atoms with Crippen LogP contribution in [-0.4, -0.2) is 56.5 Å². The summed E-state index contributed by atoms with van der Waals surface area (Å²) in [6.07, 6.45) is 7.88. The van der Waals surface area contributed by atoms with Gasteiger partial charge in [-0.05, 0) is 102 Å². The maximum Gasteiger partial charge on any atom is 0.255 e. The number of hydrogen-bond acceptors (Lipinski definition) is 8. The number of carbonyl (C=O) groups is 1. The van der Waals surface area contributed by atoms with Crippen molar-refractivity contribution < 1.29 is 4.79 Å². The van der Waals surface area contributed by atoms with Gasteiger partial charge in [0.1, 0.15) is 0 Å². The number of imidazole rings is 1. The van der Waals surface area contributed by atoms with E-state index >= 15 is 0 Å². The molecule has 0 radical (unpaired) electrons. The van der Waals surface area contributed by atoms with Gasteiger partial charge in [0.2, 0.25) is 5.95 Å². The molecule has 1 saturated carbocycles. The van der Waals surface area contributed by atoms with Crippen LogP contribution in [0.15, 0.2) is 79.8 Å². The highest BCUT2D eigenvalue weighted by Crippen LogP contribution is 2.29. The van der Waals surface area contributed by atoms with Gasteiger partial charge in [0.05, 0.1) is 6.33 Å². The largest absolute Gasteiger partial charge is 0.356 e. The summed E-state index contributed by atoms with van der Waals surface area (Å²) in [5.74, 6) is 0.994. The Kier molecular flexibility index (Phi) is 9.06. The summed E-state index contributed by atoms with van der Waals surface area (Å²) in [6, 6.07) is 15.9. The molecule has 0 unspecified atom stereocenters. The topological polar surface area (TPSA) is 112 Å². The van der Waals surface area contributed by atoms with Gasteiger partial charge in [-0.1, -0.05) is 19.2 Å². The summed E-state index contributed by atoms with van der Waals surface area (Å²) in [4.78, 5) is 29.7. The fourth-order valence-corrected chi connectivity index (χ4v) is 5.32. The van der Waals surface area contributed by atoms with Gasteiger partial charge < -0.3 is 30.7 Å². The van der Waals surface area contributed by atoms with E-state index in [-0.39, 0.29) is 11.9 Å². The molecule has 0 atom stereocenters. The van der Waals surface area contributed by atoms with Crippen LogP contribution in [-0.2, 0) is 0 Å². The lowest BCUT2D eigenvalue weighted by molar-refractivity contribution is 0.102. The number of nitrogens with zero attached hydrogens (tertiary/aromatic N) is 5. The molecule has 10 heteroatoms. The van der Waals surface area contributed by atoms with E-state index in [2.05, 4.69) is 76.8 Å². The quantitative estimate of drug-likeness (QED) is 0.144. The molecule has 2 heterocycles. The van der Waals surface area contributed by atoms with Crippen molar-refractivity contribution in [3.05, 3.63) is 85.4 Å². The van der Waals surface area contributed by atoms with Crippen LogP contribution in [0.1, 0.15) is 55.9 Å². The standard InChI is InChI=1S/C33H41N9O/c1-7-22(4)35-24-13-11-23(12-14-24)32(43)37-27-10-8-9-26(19-27)36-30-29-31(42(20-34-29)21(2)3)40-33(39-30)38-25-15-17-28(18-16-25)41(5)6/h7-14,19-21,25,28,35H,1,4,15-18H2,2-3,5-6H3,(H,37,43)(H2,36,38,39,40). The van der Waals surface area contributed by atoms with E-state index in [1.54, 1.807) is 18.2 Å². The van der Waals surface area contributed by atoms with Gasteiger partial charge in [0.25, 0.3) is 5.91 Å². The number of benzene rings is 2. The first kappa shape index (κ1) is 29.8. The minimum Gasteiger partial charge on any atom is -0.356 e. The highest BCUT2D eigenvalue weighted by molar-refractivity contribution is 6.04. The molecule has 1 fully saturated rings. The Hall–Kier alpha value is -4.70. The molecule has 1 aliphatic rings. The minimum absolute atomic E-state index is 0.195. The SMILES string of the molecule is C=CC(=C)Nc1ccc(C(=O)Nc2cccc(Nc3nc(NC4CCC(N(C)C)CC4)nc4c3ncn4C(C)C)c2)cc1. The molecule has 0 saturated heterocycles. The number of allylic oxidation sites excluding steroid dienone is 1. The van der Waals surface area contributed by atoms with Crippen LogP contribution >= 0.6 is 0 Å². The number of fused-ring (bicyclic) bond motifs is 1. The average molecular weight is 580 g/mol. The van der Waals surface area contributed by atoms with Crippen LogP contribution in [0.2, 0.25) is 0 Å². The first-order valence-electron chi connectivity index (χ1n) is 14.7. The summed E-state index contributed by atoms with van der Waals surface area (Å²) in [6.45, 7) is 11.8.